The molecule has 0 radical (unpaired) electrons. The summed E-state index contributed by atoms with van der Waals surface area (Å²) in [6.07, 6.45) is 2.21. The summed E-state index contributed by atoms with van der Waals surface area (Å²) in [4.78, 5) is 33.6. The summed E-state index contributed by atoms with van der Waals surface area (Å²) in [6, 6.07) is 0.300. The standard InChI is InChI=1S/C11H18N2O4/c1-11(2,10(16)17)9(15)12-6-5-8(14)13-7-3-4-7/h7H,3-6H2,1-2H3,(H,12,15)(H,13,14)(H,16,17). The average molecular weight is 242 g/mol. The Morgan fingerprint density at radius 1 is 1.29 bits per heavy atom. The van der Waals surface area contributed by atoms with E-state index in [1.807, 2.05) is 0 Å². The molecule has 0 aliphatic heterocycles. The topological polar surface area (TPSA) is 95.5 Å². The molecule has 0 heterocycles. The molecule has 0 bridgehead atoms. The average Bonchev–Trinajstić information content (AvgIpc) is 3.01. The number of hydrogen-bond donors (Lipinski definition) is 3. The highest BCUT2D eigenvalue weighted by atomic mass is 16.4. The maximum absolute atomic E-state index is 11.5. The van der Waals surface area contributed by atoms with E-state index in [0.29, 0.717) is 6.04 Å². The summed E-state index contributed by atoms with van der Waals surface area (Å²) in [7, 11) is 0. The van der Waals surface area contributed by atoms with Crippen molar-refractivity contribution in [2.75, 3.05) is 6.54 Å². The number of hydrogen-bond acceptors (Lipinski definition) is 3. The quantitative estimate of drug-likeness (QED) is 0.566. The predicted octanol–water partition coefficient (Wildman–Crippen LogP) is -0.118. The van der Waals surface area contributed by atoms with Gasteiger partial charge in [-0.2, -0.15) is 0 Å². The van der Waals surface area contributed by atoms with Gasteiger partial charge in [0, 0.05) is 19.0 Å². The first-order valence-electron chi connectivity index (χ1n) is 5.65. The van der Waals surface area contributed by atoms with Crippen molar-refractivity contribution in [3.05, 3.63) is 0 Å². The summed E-state index contributed by atoms with van der Waals surface area (Å²) in [5.41, 5.74) is -1.47. The maximum atomic E-state index is 11.5. The molecule has 17 heavy (non-hydrogen) atoms. The predicted molar refractivity (Wildman–Crippen MR) is 60.2 cm³/mol. The third kappa shape index (κ3) is 4.05. The molecule has 1 saturated carbocycles. The van der Waals surface area contributed by atoms with Gasteiger partial charge in [0.05, 0.1) is 0 Å². The summed E-state index contributed by atoms with van der Waals surface area (Å²) in [5.74, 6) is -1.87. The molecule has 0 spiro atoms. The largest absolute Gasteiger partial charge is 0.480 e. The van der Waals surface area contributed by atoms with Crippen LogP contribution in [0.1, 0.15) is 33.1 Å². The van der Waals surface area contributed by atoms with Gasteiger partial charge in [0.1, 0.15) is 5.41 Å². The number of carbonyl (C=O) groups excluding carboxylic acids is 2. The van der Waals surface area contributed by atoms with E-state index in [1.54, 1.807) is 0 Å². The highest BCUT2D eigenvalue weighted by Gasteiger charge is 2.35. The fourth-order valence-electron chi connectivity index (χ4n) is 1.14. The van der Waals surface area contributed by atoms with Crippen LogP contribution in [0.3, 0.4) is 0 Å². The smallest absolute Gasteiger partial charge is 0.318 e. The Bertz CT molecular complexity index is 334. The fraction of sp³-hybridized carbons (Fsp3) is 0.727. The molecule has 3 N–H and O–H groups in total. The molecule has 1 rings (SSSR count). The van der Waals surface area contributed by atoms with E-state index in [0.717, 1.165) is 12.8 Å². The summed E-state index contributed by atoms with van der Waals surface area (Å²) >= 11 is 0. The molecule has 6 nitrogen and oxygen atoms in total. The molecular formula is C11H18N2O4. The molecule has 1 fully saturated rings. The van der Waals surface area contributed by atoms with Crippen LogP contribution in [-0.2, 0) is 14.4 Å². The molecule has 0 aromatic rings. The molecule has 0 aromatic heterocycles. The Balaban J connectivity index is 2.23. The number of amides is 2. The molecule has 96 valence electrons. The van der Waals surface area contributed by atoms with E-state index in [2.05, 4.69) is 10.6 Å². The van der Waals surface area contributed by atoms with Gasteiger partial charge in [0.15, 0.2) is 0 Å². The maximum Gasteiger partial charge on any atom is 0.318 e. The number of carboxylic acid groups (broad SMARTS) is 1. The summed E-state index contributed by atoms with van der Waals surface area (Å²) in [6.45, 7) is 2.82. The van der Waals surface area contributed by atoms with Crippen LogP contribution in [0.2, 0.25) is 0 Å². The van der Waals surface area contributed by atoms with E-state index in [1.165, 1.54) is 13.8 Å². The summed E-state index contributed by atoms with van der Waals surface area (Å²) < 4.78 is 0. The van der Waals surface area contributed by atoms with Crippen LogP contribution in [0.4, 0.5) is 0 Å². The molecule has 0 saturated heterocycles. The van der Waals surface area contributed by atoms with Crippen LogP contribution in [0, 0.1) is 5.41 Å². The summed E-state index contributed by atoms with van der Waals surface area (Å²) in [5, 5.41) is 14.0. The molecule has 2 amide bonds. The zero-order valence-corrected chi connectivity index (χ0v) is 10.1. The molecule has 0 atom stereocenters. The fourth-order valence-corrected chi connectivity index (χ4v) is 1.14. The molecule has 1 aliphatic carbocycles. The van der Waals surface area contributed by atoms with Crippen molar-refractivity contribution in [3.8, 4) is 0 Å². The van der Waals surface area contributed by atoms with Crippen molar-refractivity contribution in [3.63, 3.8) is 0 Å². The minimum absolute atomic E-state index is 0.110. The Morgan fingerprint density at radius 2 is 1.88 bits per heavy atom. The van der Waals surface area contributed by atoms with Gasteiger partial charge in [-0.15, -0.1) is 0 Å². The van der Waals surface area contributed by atoms with Gasteiger partial charge in [0.2, 0.25) is 11.8 Å². The first-order chi connectivity index (χ1) is 7.84. The Labute approximate surface area is 99.8 Å². The zero-order chi connectivity index (χ0) is 13.1. The highest BCUT2D eigenvalue weighted by molar-refractivity contribution is 6.01. The third-order valence-corrected chi connectivity index (χ3v) is 2.68. The normalized spacial score (nSPS) is 15.2. The minimum Gasteiger partial charge on any atom is -0.480 e. The first-order valence-corrected chi connectivity index (χ1v) is 5.65. The lowest BCUT2D eigenvalue weighted by molar-refractivity contribution is -0.153. The second-order valence-electron chi connectivity index (χ2n) is 4.78. The lowest BCUT2D eigenvalue weighted by atomic mass is 9.93. The van der Waals surface area contributed by atoms with Crippen LogP contribution in [0.5, 0.6) is 0 Å². The van der Waals surface area contributed by atoms with Crippen molar-refractivity contribution in [2.24, 2.45) is 5.41 Å². The Kier molecular flexibility index (Phi) is 4.09. The zero-order valence-electron chi connectivity index (χ0n) is 10.1. The number of rotatable bonds is 6. The van der Waals surface area contributed by atoms with Crippen molar-refractivity contribution < 1.29 is 19.5 Å². The van der Waals surface area contributed by atoms with Crippen LogP contribution >= 0.6 is 0 Å². The van der Waals surface area contributed by atoms with Crippen molar-refractivity contribution >= 4 is 17.8 Å². The minimum atomic E-state index is -1.47. The van der Waals surface area contributed by atoms with Crippen LogP contribution in [0.25, 0.3) is 0 Å². The van der Waals surface area contributed by atoms with E-state index >= 15 is 0 Å². The van der Waals surface area contributed by atoms with Crippen LogP contribution in [0.15, 0.2) is 0 Å². The molecule has 1 aliphatic rings. The van der Waals surface area contributed by atoms with E-state index < -0.39 is 17.3 Å². The highest BCUT2D eigenvalue weighted by Crippen LogP contribution is 2.18. The monoisotopic (exact) mass is 242 g/mol. The first kappa shape index (κ1) is 13.5. The van der Waals surface area contributed by atoms with Crippen molar-refractivity contribution in [1.29, 1.82) is 0 Å². The molecule has 6 heteroatoms. The van der Waals surface area contributed by atoms with Gasteiger partial charge in [-0.25, -0.2) is 0 Å². The lowest BCUT2D eigenvalue weighted by Crippen LogP contribution is -2.43. The Hall–Kier alpha value is -1.59. The lowest BCUT2D eigenvalue weighted by Gasteiger charge is -2.18. The van der Waals surface area contributed by atoms with Gasteiger partial charge in [-0.1, -0.05) is 0 Å². The van der Waals surface area contributed by atoms with Crippen LogP contribution < -0.4 is 10.6 Å². The SMILES string of the molecule is CC(C)(C(=O)O)C(=O)NCCC(=O)NC1CC1. The molecule has 0 aromatic carbocycles. The van der Waals surface area contributed by atoms with E-state index in [4.69, 9.17) is 5.11 Å². The van der Waals surface area contributed by atoms with Crippen LogP contribution in [-0.4, -0.2) is 35.5 Å². The second-order valence-corrected chi connectivity index (χ2v) is 4.78. The van der Waals surface area contributed by atoms with E-state index in [9.17, 15) is 14.4 Å². The number of carboxylic acids is 1. The number of carbonyl (C=O) groups is 3. The van der Waals surface area contributed by atoms with Gasteiger partial charge in [0.25, 0.3) is 0 Å². The van der Waals surface area contributed by atoms with Crippen molar-refractivity contribution in [2.45, 2.75) is 39.2 Å². The number of nitrogens with one attached hydrogen (secondary N) is 2. The second kappa shape index (κ2) is 5.16. The molecule has 0 unspecified atom stereocenters. The van der Waals surface area contributed by atoms with E-state index in [-0.39, 0.29) is 18.9 Å². The van der Waals surface area contributed by atoms with Gasteiger partial charge in [-0.05, 0) is 26.7 Å². The number of aliphatic carboxylic acids is 1. The Morgan fingerprint density at radius 3 is 2.35 bits per heavy atom. The van der Waals surface area contributed by atoms with Gasteiger partial charge >= 0.3 is 5.97 Å². The van der Waals surface area contributed by atoms with Gasteiger partial charge in [-0.3, -0.25) is 14.4 Å². The third-order valence-electron chi connectivity index (χ3n) is 2.68. The molecular weight excluding hydrogens is 224 g/mol. The van der Waals surface area contributed by atoms with Crippen molar-refractivity contribution in [1.82, 2.24) is 10.6 Å². The van der Waals surface area contributed by atoms with Gasteiger partial charge < -0.3 is 15.7 Å².